The number of esters is 1. The second kappa shape index (κ2) is 6.01. The molecule has 16 heavy (non-hydrogen) atoms. The fourth-order valence-corrected chi connectivity index (χ4v) is 1.04. The number of rotatable bonds is 3. The van der Waals surface area contributed by atoms with Gasteiger partial charge in [-0.2, -0.15) is 0 Å². The van der Waals surface area contributed by atoms with E-state index in [-0.39, 0.29) is 6.54 Å². The molecule has 2 atom stereocenters. The monoisotopic (exact) mass is 251 g/mol. The highest BCUT2D eigenvalue weighted by Gasteiger charge is 2.24. The molecule has 0 aromatic heterocycles. The summed E-state index contributed by atoms with van der Waals surface area (Å²) in [5.41, 5.74) is -0.623. The molecule has 0 aliphatic rings. The van der Waals surface area contributed by atoms with Crippen molar-refractivity contribution in [2.75, 3.05) is 13.7 Å². The van der Waals surface area contributed by atoms with Crippen LogP contribution in [-0.2, 0) is 14.3 Å². The van der Waals surface area contributed by atoms with E-state index >= 15 is 0 Å². The Hall–Kier alpha value is -0.870. The molecule has 0 radical (unpaired) electrons. The van der Waals surface area contributed by atoms with Crippen molar-refractivity contribution in [1.29, 1.82) is 0 Å². The molecule has 0 aromatic rings. The van der Waals surface area contributed by atoms with Gasteiger partial charge in [-0.15, -0.1) is 0 Å². The van der Waals surface area contributed by atoms with Crippen molar-refractivity contribution in [2.24, 2.45) is 0 Å². The number of nitrogens with zero attached hydrogens (tertiary/aromatic N) is 1. The molecule has 1 N–H and O–H groups in total. The summed E-state index contributed by atoms with van der Waals surface area (Å²) in [6.45, 7) is 4.96. The van der Waals surface area contributed by atoms with E-state index in [4.69, 9.17) is 4.74 Å². The third-order valence-electron chi connectivity index (χ3n) is 1.47. The van der Waals surface area contributed by atoms with Gasteiger partial charge in [-0.05, 0) is 30.2 Å². The van der Waals surface area contributed by atoms with Gasteiger partial charge >= 0.3 is 12.1 Å². The van der Waals surface area contributed by atoms with Gasteiger partial charge in [-0.3, -0.25) is 4.67 Å². The van der Waals surface area contributed by atoms with Gasteiger partial charge in [-0.1, -0.05) is 0 Å². The van der Waals surface area contributed by atoms with Gasteiger partial charge in [0.15, 0.2) is 6.10 Å². The average Bonchev–Trinajstić information content (AvgIpc) is 2.13. The van der Waals surface area contributed by atoms with Gasteiger partial charge in [0.2, 0.25) is 0 Å². The number of hydrogen-bond acceptors (Lipinski definition) is 5. The van der Waals surface area contributed by atoms with Crippen LogP contribution < -0.4 is 0 Å². The van der Waals surface area contributed by atoms with E-state index in [1.54, 1.807) is 20.8 Å². The first-order valence-corrected chi connectivity index (χ1v) is 5.20. The topological polar surface area (TPSA) is 76.1 Å². The highest BCUT2D eigenvalue weighted by molar-refractivity contribution is 7.14. The number of carbonyl (C=O) groups excluding carboxylic acids is 2. The predicted molar refractivity (Wildman–Crippen MR) is 60.7 cm³/mol. The number of methoxy groups -OCH3 is 1. The highest BCUT2D eigenvalue weighted by atomic mass is 31.0. The summed E-state index contributed by atoms with van der Waals surface area (Å²) >= 11 is 0. The number of amides is 1. The molecule has 2 unspecified atom stereocenters. The zero-order valence-electron chi connectivity index (χ0n) is 9.89. The lowest BCUT2D eigenvalue weighted by Crippen LogP contribution is -2.38. The summed E-state index contributed by atoms with van der Waals surface area (Å²) in [6, 6.07) is 0. The molecule has 0 bridgehead atoms. The van der Waals surface area contributed by atoms with Crippen LogP contribution in [0.4, 0.5) is 4.79 Å². The van der Waals surface area contributed by atoms with Crippen LogP contribution in [0.3, 0.4) is 0 Å². The maximum absolute atomic E-state index is 11.4. The Kier molecular flexibility index (Phi) is 5.68. The van der Waals surface area contributed by atoms with E-state index in [0.29, 0.717) is 0 Å². The van der Waals surface area contributed by atoms with Crippen molar-refractivity contribution in [2.45, 2.75) is 32.5 Å². The quantitative estimate of drug-likeness (QED) is 0.585. The van der Waals surface area contributed by atoms with Crippen LogP contribution in [0.1, 0.15) is 20.8 Å². The molecule has 0 fully saturated rings. The minimum Gasteiger partial charge on any atom is -0.467 e. The summed E-state index contributed by atoms with van der Waals surface area (Å²) in [4.78, 5) is 22.3. The van der Waals surface area contributed by atoms with Crippen LogP contribution in [0.15, 0.2) is 0 Å². The van der Waals surface area contributed by atoms with Gasteiger partial charge in [0.1, 0.15) is 5.60 Å². The molecule has 6 nitrogen and oxygen atoms in total. The molecule has 0 heterocycles. The van der Waals surface area contributed by atoms with E-state index in [1.807, 2.05) is 0 Å². The first-order chi connectivity index (χ1) is 7.17. The van der Waals surface area contributed by atoms with Crippen molar-refractivity contribution in [3.8, 4) is 0 Å². The summed E-state index contributed by atoms with van der Waals surface area (Å²) < 4.78 is 10.4. The molecule has 0 spiro atoms. The molecule has 0 aliphatic heterocycles. The normalized spacial score (nSPS) is 12.9. The minimum atomic E-state index is -1.38. The summed E-state index contributed by atoms with van der Waals surface area (Å²) in [5.74, 6) is -0.795. The lowest BCUT2D eigenvalue weighted by molar-refractivity contribution is -0.150. The van der Waals surface area contributed by atoms with E-state index in [2.05, 4.69) is 14.1 Å². The SMILES string of the molecule is COC(=O)C(O)CN(P)C(=O)OC(C)(C)C. The van der Waals surface area contributed by atoms with Gasteiger partial charge < -0.3 is 14.6 Å². The fraction of sp³-hybridized carbons (Fsp3) is 0.778. The lowest BCUT2D eigenvalue weighted by atomic mass is 10.2. The Morgan fingerprint density at radius 3 is 2.31 bits per heavy atom. The first kappa shape index (κ1) is 15.1. The van der Waals surface area contributed by atoms with Crippen LogP contribution in [0.25, 0.3) is 0 Å². The average molecular weight is 251 g/mol. The zero-order chi connectivity index (χ0) is 12.9. The molecule has 7 heteroatoms. The minimum absolute atomic E-state index is 0.202. The predicted octanol–water partition coefficient (Wildman–Crippen LogP) is 0.547. The molecule has 0 rings (SSSR count). The van der Waals surface area contributed by atoms with E-state index in [0.717, 1.165) is 11.8 Å². The van der Waals surface area contributed by atoms with Gasteiger partial charge in [0.25, 0.3) is 0 Å². The van der Waals surface area contributed by atoms with E-state index in [1.165, 1.54) is 0 Å². The van der Waals surface area contributed by atoms with Crippen molar-refractivity contribution in [3.05, 3.63) is 0 Å². The number of aliphatic hydroxyl groups is 1. The summed E-state index contributed by atoms with van der Waals surface area (Å²) in [5, 5.41) is 9.30. The van der Waals surface area contributed by atoms with Crippen LogP contribution in [0.5, 0.6) is 0 Å². The number of ether oxygens (including phenoxy) is 2. The standard InChI is InChI=1S/C9H18NO5P/c1-9(2,3)15-8(13)10(16)5-6(11)7(12)14-4/h6,11H,5,16H2,1-4H3. The van der Waals surface area contributed by atoms with Crippen LogP contribution in [0.2, 0.25) is 0 Å². The molecular formula is C9H18NO5P. The Morgan fingerprint density at radius 2 is 1.94 bits per heavy atom. The Balaban J connectivity index is 4.21. The summed E-state index contributed by atoms with van der Waals surface area (Å²) in [7, 11) is 3.24. The summed E-state index contributed by atoms with van der Waals surface area (Å²) in [6.07, 6.45) is -2.02. The molecule has 0 aromatic carbocycles. The smallest absolute Gasteiger partial charge is 0.413 e. The lowest BCUT2D eigenvalue weighted by Gasteiger charge is -2.25. The molecule has 1 amide bonds. The highest BCUT2D eigenvalue weighted by Crippen LogP contribution is 2.12. The number of hydrogen-bond donors (Lipinski definition) is 1. The molecule has 94 valence electrons. The molecule has 0 saturated carbocycles. The molecule has 0 saturated heterocycles. The van der Waals surface area contributed by atoms with Gasteiger partial charge in [0, 0.05) is 0 Å². The number of carbonyl (C=O) groups is 2. The van der Waals surface area contributed by atoms with Crippen LogP contribution in [-0.4, -0.2) is 47.2 Å². The maximum Gasteiger partial charge on any atom is 0.413 e. The second-order valence-corrected chi connectivity index (χ2v) is 4.80. The largest absolute Gasteiger partial charge is 0.467 e. The Morgan fingerprint density at radius 1 is 1.44 bits per heavy atom. The van der Waals surface area contributed by atoms with Crippen molar-refractivity contribution < 1.29 is 24.2 Å². The van der Waals surface area contributed by atoms with Crippen molar-refractivity contribution >= 4 is 21.5 Å². The van der Waals surface area contributed by atoms with Gasteiger partial charge in [-0.25, -0.2) is 9.59 Å². The maximum atomic E-state index is 11.4. The third kappa shape index (κ3) is 5.88. The van der Waals surface area contributed by atoms with Crippen molar-refractivity contribution in [3.63, 3.8) is 0 Å². The first-order valence-electron chi connectivity index (χ1n) is 4.68. The molecular weight excluding hydrogens is 233 g/mol. The molecule has 0 aliphatic carbocycles. The van der Waals surface area contributed by atoms with E-state index in [9.17, 15) is 14.7 Å². The Labute approximate surface area is 97.1 Å². The second-order valence-electron chi connectivity index (χ2n) is 4.17. The van der Waals surface area contributed by atoms with Crippen LogP contribution >= 0.6 is 9.39 Å². The number of aliphatic hydroxyl groups excluding tert-OH is 1. The Bertz CT molecular complexity index is 263. The zero-order valence-corrected chi connectivity index (χ0v) is 11.0. The van der Waals surface area contributed by atoms with Gasteiger partial charge in [0.05, 0.1) is 13.7 Å². The van der Waals surface area contributed by atoms with Crippen LogP contribution in [0, 0.1) is 0 Å². The third-order valence-corrected chi connectivity index (χ3v) is 1.89. The van der Waals surface area contributed by atoms with E-state index < -0.39 is 23.8 Å². The van der Waals surface area contributed by atoms with Crippen molar-refractivity contribution in [1.82, 2.24) is 4.67 Å². The fourth-order valence-electron chi connectivity index (χ4n) is 0.792.